The third kappa shape index (κ3) is 2.89. The van der Waals surface area contributed by atoms with E-state index in [9.17, 15) is 0 Å². The normalized spacial score (nSPS) is 15.7. The van der Waals surface area contributed by atoms with E-state index in [2.05, 4.69) is 57.1 Å². The van der Waals surface area contributed by atoms with Gasteiger partial charge in [0, 0.05) is 48.0 Å². The molecule has 7 heteroatoms. The molecule has 4 heterocycles. The average molecular weight is 376 g/mol. The van der Waals surface area contributed by atoms with E-state index in [0.717, 1.165) is 63.4 Å². The minimum absolute atomic E-state index is 0.543. The summed E-state index contributed by atoms with van der Waals surface area (Å²) in [4.78, 5) is 17.9. The number of thiophene rings is 1. The Morgan fingerprint density at radius 1 is 0.963 bits per heavy atom. The number of nitrogen functional groups attached to an aromatic ring is 1. The van der Waals surface area contributed by atoms with Crippen LogP contribution in [0.4, 0.5) is 11.6 Å². The van der Waals surface area contributed by atoms with E-state index in [1.165, 1.54) is 6.33 Å². The number of hydrogen-bond donors (Lipinski definition) is 1. The summed E-state index contributed by atoms with van der Waals surface area (Å²) in [5.41, 5.74) is 9.20. The molecule has 0 radical (unpaired) electrons. The summed E-state index contributed by atoms with van der Waals surface area (Å²) in [6.45, 7) is 4.22. The van der Waals surface area contributed by atoms with Crippen molar-refractivity contribution in [1.29, 1.82) is 0 Å². The highest BCUT2D eigenvalue weighted by molar-refractivity contribution is 7.26. The molecule has 3 aromatic heterocycles. The molecule has 0 unspecified atom stereocenters. The van der Waals surface area contributed by atoms with Crippen molar-refractivity contribution in [2.45, 2.75) is 0 Å². The topological polar surface area (TPSA) is 71.2 Å². The van der Waals surface area contributed by atoms with Gasteiger partial charge in [-0.25, -0.2) is 15.0 Å². The van der Waals surface area contributed by atoms with Crippen molar-refractivity contribution in [1.82, 2.24) is 19.9 Å². The van der Waals surface area contributed by atoms with Gasteiger partial charge >= 0.3 is 0 Å². The highest BCUT2D eigenvalue weighted by Gasteiger charge is 2.15. The predicted molar refractivity (Wildman–Crippen MR) is 112 cm³/mol. The molecule has 0 saturated carbocycles. The minimum Gasteiger partial charge on any atom is -0.382 e. The van der Waals surface area contributed by atoms with Crippen LogP contribution in [0, 0.1) is 0 Å². The van der Waals surface area contributed by atoms with Crippen LogP contribution in [0.1, 0.15) is 0 Å². The molecule has 1 fully saturated rings. The van der Waals surface area contributed by atoms with E-state index in [4.69, 9.17) is 10.7 Å². The Kier molecular flexibility index (Phi) is 3.91. The number of anilines is 2. The fraction of sp³-hybridized carbons (Fsp3) is 0.250. The monoisotopic (exact) mass is 376 g/mol. The van der Waals surface area contributed by atoms with Crippen LogP contribution < -0.4 is 10.6 Å². The lowest BCUT2D eigenvalue weighted by Crippen LogP contribution is -2.44. The van der Waals surface area contributed by atoms with Crippen molar-refractivity contribution in [3.63, 3.8) is 0 Å². The number of piperazine rings is 1. The molecule has 1 aliphatic heterocycles. The molecule has 0 spiro atoms. The molecule has 5 rings (SSSR count). The Morgan fingerprint density at radius 2 is 1.78 bits per heavy atom. The highest BCUT2D eigenvalue weighted by Crippen LogP contribution is 2.37. The van der Waals surface area contributed by atoms with Gasteiger partial charge in [-0.05, 0) is 30.8 Å². The number of benzene rings is 1. The van der Waals surface area contributed by atoms with Crippen molar-refractivity contribution < 1.29 is 0 Å². The van der Waals surface area contributed by atoms with Crippen molar-refractivity contribution in [2.24, 2.45) is 0 Å². The van der Waals surface area contributed by atoms with Crippen molar-refractivity contribution >= 4 is 43.3 Å². The predicted octanol–water partition coefficient (Wildman–Crippen LogP) is 3.24. The first-order valence-corrected chi connectivity index (χ1v) is 9.83. The summed E-state index contributed by atoms with van der Waals surface area (Å²) in [7, 11) is 2.16. The molecule has 136 valence electrons. The smallest absolute Gasteiger partial charge is 0.144 e. The molecule has 0 aliphatic carbocycles. The average Bonchev–Trinajstić information content (AvgIpc) is 3.08. The SMILES string of the molecule is CN1CCN(c2ccc(-c3ccc4c(c3)sc3c(N)ncnc34)cn2)CC1. The molecule has 0 bridgehead atoms. The first-order chi connectivity index (χ1) is 13.2. The van der Waals surface area contributed by atoms with Gasteiger partial charge in [-0.1, -0.05) is 12.1 Å². The molecular weight excluding hydrogens is 356 g/mol. The van der Waals surface area contributed by atoms with Crippen LogP contribution in [-0.2, 0) is 0 Å². The number of nitrogens with zero attached hydrogens (tertiary/aromatic N) is 5. The molecular formula is C20H20N6S. The largest absolute Gasteiger partial charge is 0.382 e. The van der Waals surface area contributed by atoms with Crippen LogP contribution in [0.5, 0.6) is 0 Å². The number of rotatable bonds is 2. The molecule has 1 aromatic carbocycles. The lowest BCUT2D eigenvalue weighted by molar-refractivity contribution is 0.312. The summed E-state index contributed by atoms with van der Waals surface area (Å²) in [5.74, 6) is 1.60. The number of pyridine rings is 1. The lowest BCUT2D eigenvalue weighted by Gasteiger charge is -2.33. The highest BCUT2D eigenvalue weighted by atomic mass is 32.1. The van der Waals surface area contributed by atoms with Gasteiger partial charge in [-0.3, -0.25) is 0 Å². The van der Waals surface area contributed by atoms with Gasteiger partial charge in [-0.2, -0.15) is 0 Å². The fourth-order valence-electron chi connectivity index (χ4n) is 3.55. The Labute approximate surface area is 161 Å². The summed E-state index contributed by atoms with van der Waals surface area (Å²) >= 11 is 1.64. The van der Waals surface area contributed by atoms with E-state index in [1.807, 2.05) is 6.20 Å². The summed E-state index contributed by atoms with van der Waals surface area (Å²) in [5, 5.41) is 1.12. The molecule has 1 saturated heterocycles. The van der Waals surface area contributed by atoms with Crippen LogP contribution in [0.2, 0.25) is 0 Å². The van der Waals surface area contributed by atoms with Crippen molar-refractivity contribution in [3.05, 3.63) is 42.9 Å². The van der Waals surface area contributed by atoms with Gasteiger partial charge in [0.1, 0.15) is 18.0 Å². The Hall–Kier alpha value is -2.77. The zero-order valence-corrected chi connectivity index (χ0v) is 15.9. The molecule has 27 heavy (non-hydrogen) atoms. The Bertz CT molecular complexity index is 1110. The Morgan fingerprint density at radius 3 is 2.56 bits per heavy atom. The number of fused-ring (bicyclic) bond motifs is 3. The molecule has 1 aliphatic rings. The lowest BCUT2D eigenvalue weighted by atomic mass is 10.1. The van der Waals surface area contributed by atoms with Crippen LogP contribution >= 0.6 is 11.3 Å². The second-order valence-corrected chi connectivity index (χ2v) is 8.00. The van der Waals surface area contributed by atoms with Crippen LogP contribution in [-0.4, -0.2) is 53.1 Å². The van der Waals surface area contributed by atoms with E-state index in [1.54, 1.807) is 11.3 Å². The standard InChI is InChI=1S/C20H20N6S/c1-25-6-8-26(9-7-25)17-5-3-14(11-22-17)13-2-4-15-16(10-13)27-19-18(15)23-12-24-20(19)21/h2-5,10-12H,6-9H2,1H3,(H2,21,23,24). The number of aromatic nitrogens is 3. The van der Waals surface area contributed by atoms with Gasteiger partial charge < -0.3 is 15.5 Å². The van der Waals surface area contributed by atoms with Gasteiger partial charge in [0.2, 0.25) is 0 Å². The zero-order valence-electron chi connectivity index (χ0n) is 15.1. The Balaban J connectivity index is 1.48. The molecule has 6 nitrogen and oxygen atoms in total. The summed E-state index contributed by atoms with van der Waals surface area (Å²) in [6, 6.07) is 10.7. The maximum Gasteiger partial charge on any atom is 0.144 e. The quantitative estimate of drug-likeness (QED) is 0.579. The third-order valence-corrected chi connectivity index (χ3v) is 6.35. The van der Waals surface area contributed by atoms with Gasteiger partial charge in [0.15, 0.2) is 0 Å². The first kappa shape index (κ1) is 16.4. The van der Waals surface area contributed by atoms with Crippen LogP contribution in [0.3, 0.4) is 0 Å². The van der Waals surface area contributed by atoms with Crippen LogP contribution in [0.25, 0.3) is 31.4 Å². The summed E-state index contributed by atoms with van der Waals surface area (Å²) in [6.07, 6.45) is 3.50. The zero-order chi connectivity index (χ0) is 18.4. The number of hydrogen-bond acceptors (Lipinski definition) is 7. The van der Waals surface area contributed by atoms with Crippen molar-refractivity contribution in [3.8, 4) is 11.1 Å². The summed E-state index contributed by atoms with van der Waals surface area (Å²) < 4.78 is 2.12. The second-order valence-electron chi connectivity index (χ2n) is 6.95. The second kappa shape index (κ2) is 6.44. The fourth-order valence-corrected chi connectivity index (χ4v) is 4.65. The number of likely N-dealkylation sites (N-methyl/N-ethyl adjacent to an activating group) is 1. The minimum atomic E-state index is 0.543. The van der Waals surface area contributed by atoms with E-state index < -0.39 is 0 Å². The van der Waals surface area contributed by atoms with E-state index in [0.29, 0.717) is 5.82 Å². The maximum absolute atomic E-state index is 6.01. The van der Waals surface area contributed by atoms with Gasteiger partial charge in [0.25, 0.3) is 0 Å². The number of nitrogens with two attached hydrogens (primary N) is 1. The first-order valence-electron chi connectivity index (χ1n) is 9.02. The molecule has 0 amide bonds. The maximum atomic E-state index is 6.01. The van der Waals surface area contributed by atoms with Crippen LogP contribution in [0.15, 0.2) is 42.9 Å². The van der Waals surface area contributed by atoms with Crippen molar-refractivity contribution in [2.75, 3.05) is 43.9 Å². The van der Waals surface area contributed by atoms with E-state index >= 15 is 0 Å². The van der Waals surface area contributed by atoms with Gasteiger partial charge in [-0.15, -0.1) is 11.3 Å². The van der Waals surface area contributed by atoms with E-state index in [-0.39, 0.29) is 0 Å². The molecule has 0 atom stereocenters. The molecule has 4 aromatic rings. The van der Waals surface area contributed by atoms with Gasteiger partial charge in [0.05, 0.1) is 10.2 Å². The third-order valence-electron chi connectivity index (χ3n) is 5.19. The molecule has 2 N–H and O–H groups in total.